The quantitative estimate of drug-likeness (QED) is 0.790. The summed E-state index contributed by atoms with van der Waals surface area (Å²) in [5.41, 5.74) is -0.300. The summed E-state index contributed by atoms with van der Waals surface area (Å²) >= 11 is 0. The molecule has 1 amide bonds. The summed E-state index contributed by atoms with van der Waals surface area (Å²) in [6.07, 6.45) is 1.86. The smallest absolute Gasteiger partial charge is 0.223 e. The molecule has 1 aromatic heterocycles. The van der Waals surface area contributed by atoms with Crippen molar-refractivity contribution in [2.45, 2.75) is 25.3 Å². The van der Waals surface area contributed by atoms with Crippen molar-refractivity contribution >= 4 is 15.7 Å². The lowest BCUT2D eigenvalue weighted by Gasteiger charge is -2.23. The van der Waals surface area contributed by atoms with Gasteiger partial charge in [0.05, 0.1) is 23.3 Å². The Hall–Kier alpha value is -2.29. The zero-order valence-electron chi connectivity index (χ0n) is 14.1. The number of carbonyl (C=O) groups excluding carboxylic acids is 1. The Morgan fingerprint density at radius 1 is 1.35 bits per heavy atom. The van der Waals surface area contributed by atoms with Crippen molar-refractivity contribution in [3.63, 3.8) is 0 Å². The van der Waals surface area contributed by atoms with Gasteiger partial charge in [0.1, 0.15) is 11.6 Å². The van der Waals surface area contributed by atoms with Crippen LogP contribution in [0.5, 0.6) is 0 Å². The summed E-state index contributed by atoms with van der Waals surface area (Å²) in [5, 5.41) is 0. The van der Waals surface area contributed by atoms with E-state index in [1.165, 1.54) is 17.2 Å². The van der Waals surface area contributed by atoms with Crippen LogP contribution in [0.25, 0.3) is 11.3 Å². The van der Waals surface area contributed by atoms with E-state index in [9.17, 15) is 22.0 Å². The first-order valence-electron chi connectivity index (χ1n) is 8.12. The zero-order valence-corrected chi connectivity index (χ0v) is 14.9. The molecule has 0 spiro atoms. The minimum absolute atomic E-state index is 0.0229. The minimum Gasteiger partial charge on any atom is -0.441 e. The van der Waals surface area contributed by atoms with E-state index in [0.29, 0.717) is 6.42 Å². The molecule has 140 valence electrons. The molecule has 1 atom stereocenters. The molecule has 1 saturated heterocycles. The second-order valence-electron chi connectivity index (χ2n) is 6.28. The topological polar surface area (TPSA) is 80.5 Å². The molecule has 1 aliphatic rings. The number of oxazole rings is 1. The Balaban J connectivity index is 1.62. The fraction of sp³-hybridized carbons (Fsp3) is 0.412. The fourth-order valence-electron chi connectivity index (χ4n) is 2.95. The SMILES string of the molecule is CN(C(=O)CCc1ncc(-c2c(F)cccc2F)o1)C1CCS(=O)(=O)C1. The highest BCUT2D eigenvalue weighted by molar-refractivity contribution is 7.91. The molecular weight excluding hydrogens is 366 g/mol. The number of hydrogen-bond donors (Lipinski definition) is 0. The van der Waals surface area contributed by atoms with E-state index < -0.39 is 21.5 Å². The van der Waals surface area contributed by atoms with Gasteiger partial charge in [-0.25, -0.2) is 22.2 Å². The Bertz CT molecular complexity index is 906. The fourth-order valence-corrected chi connectivity index (χ4v) is 4.72. The number of carbonyl (C=O) groups is 1. The van der Waals surface area contributed by atoms with Crippen molar-refractivity contribution in [3.05, 3.63) is 41.9 Å². The zero-order chi connectivity index (χ0) is 18.9. The van der Waals surface area contributed by atoms with E-state index in [2.05, 4.69) is 4.98 Å². The number of halogens is 2. The van der Waals surface area contributed by atoms with Gasteiger partial charge in [-0.05, 0) is 18.6 Å². The summed E-state index contributed by atoms with van der Waals surface area (Å²) in [5.74, 6) is -1.54. The van der Waals surface area contributed by atoms with Crippen LogP contribution >= 0.6 is 0 Å². The van der Waals surface area contributed by atoms with Crippen LogP contribution in [-0.2, 0) is 21.1 Å². The standard InChI is InChI=1S/C17H18F2N2O4S/c1-21(11-7-8-26(23,24)10-11)16(22)6-5-15-20-9-14(25-15)17-12(18)3-2-4-13(17)19/h2-4,9,11H,5-8,10H2,1H3. The van der Waals surface area contributed by atoms with Gasteiger partial charge in [-0.2, -0.15) is 0 Å². The molecule has 1 fully saturated rings. The first-order chi connectivity index (χ1) is 12.3. The summed E-state index contributed by atoms with van der Waals surface area (Å²) in [7, 11) is -1.50. The summed E-state index contributed by atoms with van der Waals surface area (Å²) in [6.45, 7) is 0. The highest BCUT2D eigenvalue weighted by Crippen LogP contribution is 2.27. The molecule has 1 unspecified atom stereocenters. The van der Waals surface area contributed by atoms with Gasteiger partial charge in [-0.15, -0.1) is 0 Å². The van der Waals surface area contributed by atoms with Gasteiger partial charge in [-0.3, -0.25) is 4.79 Å². The molecule has 3 rings (SSSR count). The number of rotatable bonds is 5. The van der Waals surface area contributed by atoms with E-state index in [1.54, 1.807) is 7.05 Å². The van der Waals surface area contributed by atoms with Crippen LogP contribution < -0.4 is 0 Å². The van der Waals surface area contributed by atoms with Gasteiger partial charge >= 0.3 is 0 Å². The van der Waals surface area contributed by atoms with Gasteiger partial charge in [0, 0.05) is 25.9 Å². The van der Waals surface area contributed by atoms with Gasteiger partial charge in [0.15, 0.2) is 21.5 Å². The van der Waals surface area contributed by atoms with Crippen LogP contribution in [-0.4, -0.2) is 48.8 Å². The number of sulfone groups is 1. The molecule has 26 heavy (non-hydrogen) atoms. The molecule has 1 aliphatic heterocycles. The minimum atomic E-state index is -3.07. The number of amides is 1. The lowest BCUT2D eigenvalue weighted by molar-refractivity contribution is -0.131. The summed E-state index contributed by atoms with van der Waals surface area (Å²) in [6, 6.07) is 3.17. The molecule has 0 aliphatic carbocycles. The van der Waals surface area contributed by atoms with Crippen molar-refractivity contribution in [1.82, 2.24) is 9.88 Å². The van der Waals surface area contributed by atoms with Gasteiger partial charge in [0.25, 0.3) is 0 Å². The molecule has 0 saturated carbocycles. The van der Waals surface area contributed by atoms with Crippen LogP contribution in [0.2, 0.25) is 0 Å². The van der Waals surface area contributed by atoms with Crippen molar-refractivity contribution < 1.29 is 26.4 Å². The predicted molar refractivity (Wildman–Crippen MR) is 90.0 cm³/mol. The maximum atomic E-state index is 13.8. The first kappa shape index (κ1) is 18.5. The third-order valence-electron chi connectivity index (χ3n) is 4.46. The Morgan fingerprint density at radius 2 is 2.04 bits per heavy atom. The van der Waals surface area contributed by atoms with E-state index >= 15 is 0 Å². The normalized spacial score (nSPS) is 18.8. The lowest BCUT2D eigenvalue weighted by Crippen LogP contribution is -2.37. The molecular formula is C17H18F2N2O4S. The molecule has 1 aromatic carbocycles. The second-order valence-corrected chi connectivity index (χ2v) is 8.51. The maximum absolute atomic E-state index is 13.8. The molecule has 2 heterocycles. The van der Waals surface area contributed by atoms with E-state index in [4.69, 9.17) is 4.42 Å². The summed E-state index contributed by atoms with van der Waals surface area (Å²) in [4.78, 5) is 17.6. The predicted octanol–water partition coefficient (Wildman–Crippen LogP) is 2.20. The van der Waals surface area contributed by atoms with Gasteiger partial charge in [-0.1, -0.05) is 6.07 Å². The largest absolute Gasteiger partial charge is 0.441 e. The third kappa shape index (κ3) is 3.92. The van der Waals surface area contributed by atoms with Crippen molar-refractivity contribution in [1.29, 1.82) is 0 Å². The van der Waals surface area contributed by atoms with Gasteiger partial charge < -0.3 is 9.32 Å². The number of benzene rings is 1. The van der Waals surface area contributed by atoms with Gasteiger partial charge in [0.2, 0.25) is 5.91 Å². The maximum Gasteiger partial charge on any atom is 0.223 e. The molecule has 2 aromatic rings. The number of aromatic nitrogens is 1. The Kier molecular flexibility index (Phi) is 5.08. The first-order valence-corrected chi connectivity index (χ1v) is 9.94. The van der Waals surface area contributed by atoms with Crippen molar-refractivity contribution in [2.24, 2.45) is 0 Å². The van der Waals surface area contributed by atoms with Crippen molar-refractivity contribution in [2.75, 3.05) is 18.6 Å². The highest BCUT2D eigenvalue weighted by atomic mass is 32.2. The molecule has 0 N–H and O–H groups in total. The van der Waals surface area contributed by atoms with Crippen LogP contribution in [0.15, 0.2) is 28.8 Å². The molecule has 0 radical (unpaired) electrons. The Labute approximate surface area is 149 Å². The molecule has 0 bridgehead atoms. The third-order valence-corrected chi connectivity index (χ3v) is 6.22. The Morgan fingerprint density at radius 3 is 2.65 bits per heavy atom. The van der Waals surface area contributed by atoms with Crippen LogP contribution in [0.1, 0.15) is 18.7 Å². The average Bonchev–Trinajstić information content (AvgIpc) is 3.18. The van der Waals surface area contributed by atoms with Crippen LogP contribution in [0.3, 0.4) is 0 Å². The van der Waals surface area contributed by atoms with Crippen LogP contribution in [0, 0.1) is 11.6 Å². The monoisotopic (exact) mass is 384 g/mol. The van der Waals surface area contributed by atoms with E-state index in [-0.39, 0.29) is 53.5 Å². The van der Waals surface area contributed by atoms with E-state index in [1.807, 2.05) is 0 Å². The van der Waals surface area contributed by atoms with Crippen molar-refractivity contribution in [3.8, 4) is 11.3 Å². The number of aryl methyl sites for hydroxylation is 1. The second kappa shape index (κ2) is 7.14. The van der Waals surface area contributed by atoms with Crippen LogP contribution in [0.4, 0.5) is 8.78 Å². The van der Waals surface area contributed by atoms with E-state index in [0.717, 1.165) is 12.1 Å². The lowest BCUT2D eigenvalue weighted by atomic mass is 10.1. The molecule has 9 heteroatoms. The highest BCUT2D eigenvalue weighted by Gasteiger charge is 2.32. The number of hydrogen-bond acceptors (Lipinski definition) is 5. The average molecular weight is 384 g/mol. The summed E-state index contributed by atoms with van der Waals surface area (Å²) < 4.78 is 55.9. The molecule has 6 nitrogen and oxygen atoms in total. The number of nitrogens with zero attached hydrogens (tertiary/aromatic N) is 2.